The fraction of sp³-hybridized carbons (Fsp3) is 0.286. The van der Waals surface area contributed by atoms with E-state index in [9.17, 15) is 9.59 Å². The highest BCUT2D eigenvalue weighted by atomic mass is 16.5. The predicted octanol–water partition coefficient (Wildman–Crippen LogP) is 2.61. The molecule has 0 spiro atoms. The Balaban J connectivity index is 1.78. The molecule has 2 aromatic carbocycles. The van der Waals surface area contributed by atoms with Gasteiger partial charge in [-0.05, 0) is 47.9 Å². The number of carbonyl (C=O) groups excluding carboxylic acids is 2. The molecule has 0 aliphatic rings. The van der Waals surface area contributed by atoms with Gasteiger partial charge in [0.1, 0.15) is 11.5 Å². The summed E-state index contributed by atoms with van der Waals surface area (Å²) in [5.74, 6) is 0.859. The number of nitrogens with zero attached hydrogens (tertiary/aromatic N) is 1. The summed E-state index contributed by atoms with van der Waals surface area (Å²) in [5, 5.41) is 6.42. The van der Waals surface area contributed by atoms with E-state index in [2.05, 4.69) is 29.7 Å². The molecule has 2 aromatic rings. The number of carbonyl (C=O) groups is 2. The molecule has 2 rings (SSSR count). The van der Waals surface area contributed by atoms with Crippen molar-refractivity contribution in [2.24, 2.45) is 11.0 Å². The van der Waals surface area contributed by atoms with E-state index in [0.717, 1.165) is 11.3 Å². The lowest BCUT2D eigenvalue weighted by molar-refractivity contribution is -0.120. The van der Waals surface area contributed by atoms with Gasteiger partial charge >= 0.3 is 0 Å². The van der Waals surface area contributed by atoms with Crippen molar-refractivity contribution in [3.63, 3.8) is 0 Å². The Hall–Kier alpha value is -3.35. The van der Waals surface area contributed by atoms with Gasteiger partial charge in [-0.15, -0.1) is 0 Å². The van der Waals surface area contributed by atoms with Crippen LogP contribution in [0, 0.1) is 5.92 Å². The Morgan fingerprint density at radius 3 is 2.50 bits per heavy atom. The highest BCUT2D eigenvalue weighted by Gasteiger charge is 2.12. The van der Waals surface area contributed by atoms with E-state index in [1.807, 2.05) is 24.3 Å². The van der Waals surface area contributed by atoms with Crippen LogP contribution in [0.25, 0.3) is 0 Å². The van der Waals surface area contributed by atoms with Gasteiger partial charge in [-0.1, -0.05) is 26.0 Å². The molecule has 0 saturated carbocycles. The molecule has 2 N–H and O–H groups in total. The average molecular weight is 383 g/mol. The minimum absolute atomic E-state index is 0.198. The molecular weight excluding hydrogens is 358 g/mol. The van der Waals surface area contributed by atoms with Crippen molar-refractivity contribution in [3.8, 4) is 11.5 Å². The second-order valence-electron chi connectivity index (χ2n) is 6.45. The minimum atomic E-state index is -0.434. The Morgan fingerprint density at radius 1 is 1.11 bits per heavy atom. The quantitative estimate of drug-likeness (QED) is 0.515. The molecule has 0 fully saturated rings. The summed E-state index contributed by atoms with van der Waals surface area (Å²) in [5.41, 5.74) is 3.55. The summed E-state index contributed by atoms with van der Waals surface area (Å²) >= 11 is 0. The van der Waals surface area contributed by atoms with Crippen molar-refractivity contribution in [1.29, 1.82) is 0 Å². The van der Waals surface area contributed by atoms with Crippen LogP contribution < -0.4 is 20.2 Å². The summed E-state index contributed by atoms with van der Waals surface area (Å²) in [6, 6.07) is 14.2. The number of rotatable bonds is 9. The van der Waals surface area contributed by atoms with Crippen LogP contribution in [0.3, 0.4) is 0 Å². The molecule has 148 valence electrons. The largest absolute Gasteiger partial charge is 0.496 e. The van der Waals surface area contributed by atoms with Crippen molar-refractivity contribution in [2.75, 3.05) is 20.3 Å². The van der Waals surface area contributed by atoms with Gasteiger partial charge in [-0.25, -0.2) is 5.43 Å². The second kappa shape index (κ2) is 10.7. The Kier molecular flexibility index (Phi) is 8.02. The standard InChI is InChI=1S/C21H25N3O4/c1-15(2)14-28-17-10-8-16(9-11-17)12-23-24-20(25)13-22-21(26)18-6-4-5-7-19(18)27-3/h4-12,15H,13-14H2,1-3H3,(H,22,26)(H,24,25). The monoisotopic (exact) mass is 383 g/mol. The summed E-state index contributed by atoms with van der Waals surface area (Å²) in [6.45, 7) is 4.63. The summed E-state index contributed by atoms with van der Waals surface area (Å²) < 4.78 is 10.7. The first kappa shape index (κ1) is 21.0. The van der Waals surface area contributed by atoms with Gasteiger partial charge in [0.05, 0.1) is 32.0 Å². The molecule has 28 heavy (non-hydrogen) atoms. The van der Waals surface area contributed by atoms with E-state index < -0.39 is 11.8 Å². The Bertz CT molecular complexity index is 817. The molecule has 7 heteroatoms. The van der Waals surface area contributed by atoms with E-state index in [-0.39, 0.29) is 6.54 Å². The number of hydrogen-bond donors (Lipinski definition) is 2. The maximum atomic E-state index is 12.1. The third-order valence-corrected chi connectivity index (χ3v) is 3.63. The zero-order chi connectivity index (χ0) is 20.4. The van der Waals surface area contributed by atoms with E-state index in [1.54, 1.807) is 24.3 Å². The van der Waals surface area contributed by atoms with Gasteiger partial charge < -0.3 is 14.8 Å². The molecule has 0 aliphatic heterocycles. The predicted molar refractivity (Wildman–Crippen MR) is 108 cm³/mol. The minimum Gasteiger partial charge on any atom is -0.496 e. The van der Waals surface area contributed by atoms with Crippen molar-refractivity contribution in [3.05, 3.63) is 59.7 Å². The fourth-order valence-electron chi connectivity index (χ4n) is 2.22. The molecule has 0 unspecified atom stereocenters. The number of hydrogen-bond acceptors (Lipinski definition) is 5. The molecule has 0 heterocycles. The average Bonchev–Trinajstić information content (AvgIpc) is 2.71. The molecule has 7 nitrogen and oxygen atoms in total. The van der Waals surface area contributed by atoms with E-state index in [1.165, 1.54) is 13.3 Å². The van der Waals surface area contributed by atoms with E-state index in [4.69, 9.17) is 9.47 Å². The van der Waals surface area contributed by atoms with E-state index >= 15 is 0 Å². The van der Waals surface area contributed by atoms with Crippen molar-refractivity contribution < 1.29 is 19.1 Å². The van der Waals surface area contributed by atoms with Gasteiger partial charge in [0.15, 0.2) is 0 Å². The van der Waals surface area contributed by atoms with Gasteiger partial charge in [0.2, 0.25) is 0 Å². The topological polar surface area (TPSA) is 89.0 Å². The van der Waals surface area contributed by atoms with Crippen LogP contribution in [-0.4, -0.2) is 38.3 Å². The zero-order valence-electron chi connectivity index (χ0n) is 16.3. The van der Waals surface area contributed by atoms with Crippen LogP contribution in [0.4, 0.5) is 0 Å². The van der Waals surface area contributed by atoms with Crippen molar-refractivity contribution in [2.45, 2.75) is 13.8 Å². The molecule has 2 amide bonds. The van der Waals surface area contributed by atoms with Gasteiger partial charge in [-0.2, -0.15) is 5.10 Å². The maximum absolute atomic E-state index is 12.1. The van der Waals surface area contributed by atoms with E-state index in [0.29, 0.717) is 23.8 Å². The van der Waals surface area contributed by atoms with Gasteiger partial charge in [0.25, 0.3) is 11.8 Å². The summed E-state index contributed by atoms with van der Waals surface area (Å²) in [7, 11) is 1.48. The normalized spacial score (nSPS) is 10.7. The lowest BCUT2D eigenvalue weighted by atomic mass is 10.2. The summed E-state index contributed by atoms with van der Waals surface area (Å²) in [4.78, 5) is 24.0. The van der Waals surface area contributed by atoms with Crippen LogP contribution in [0.2, 0.25) is 0 Å². The molecule has 0 atom stereocenters. The zero-order valence-corrected chi connectivity index (χ0v) is 16.3. The lowest BCUT2D eigenvalue weighted by Gasteiger charge is -2.08. The van der Waals surface area contributed by atoms with Crippen LogP contribution in [0.15, 0.2) is 53.6 Å². The number of hydrazone groups is 1. The molecule has 0 aromatic heterocycles. The molecular formula is C21H25N3O4. The number of amides is 2. The summed E-state index contributed by atoms with van der Waals surface area (Å²) in [6.07, 6.45) is 1.52. The third kappa shape index (κ3) is 6.75. The van der Waals surface area contributed by atoms with Gasteiger partial charge in [0, 0.05) is 0 Å². The first-order valence-corrected chi connectivity index (χ1v) is 8.95. The number of methoxy groups -OCH3 is 1. The van der Waals surface area contributed by atoms with Gasteiger partial charge in [-0.3, -0.25) is 9.59 Å². The molecule has 0 aliphatic carbocycles. The number of para-hydroxylation sites is 1. The van der Waals surface area contributed by atoms with Crippen LogP contribution in [0.5, 0.6) is 11.5 Å². The van der Waals surface area contributed by atoms with Crippen LogP contribution in [-0.2, 0) is 4.79 Å². The number of nitrogens with one attached hydrogen (secondary N) is 2. The maximum Gasteiger partial charge on any atom is 0.259 e. The van der Waals surface area contributed by atoms with Crippen LogP contribution in [0.1, 0.15) is 29.8 Å². The van der Waals surface area contributed by atoms with Crippen molar-refractivity contribution >= 4 is 18.0 Å². The highest BCUT2D eigenvalue weighted by Crippen LogP contribution is 2.16. The molecule has 0 radical (unpaired) electrons. The molecule has 0 saturated heterocycles. The second-order valence-corrected chi connectivity index (χ2v) is 6.45. The number of benzene rings is 2. The first-order valence-electron chi connectivity index (χ1n) is 8.95. The SMILES string of the molecule is COc1ccccc1C(=O)NCC(=O)NN=Cc1ccc(OCC(C)C)cc1. The smallest absolute Gasteiger partial charge is 0.259 e. The first-order chi connectivity index (χ1) is 13.5. The molecule has 0 bridgehead atoms. The Morgan fingerprint density at radius 2 is 1.82 bits per heavy atom. The van der Waals surface area contributed by atoms with Crippen molar-refractivity contribution in [1.82, 2.24) is 10.7 Å². The lowest BCUT2D eigenvalue weighted by Crippen LogP contribution is -2.35. The Labute approximate surface area is 164 Å². The fourth-order valence-corrected chi connectivity index (χ4v) is 2.22. The number of ether oxygens (including phenoxy) is 2. The van der Waals surface area contributed by atoms with Crippen LogP contribution >= 0.6 is 0 Å². The highest BCUT2D eigenvalue weighted by molar-refractivity contribution is 5.98. The third-order valence-electron chi connectivity index (χ3n) is 3.63.